The fraction of sp³-hybridized carbons (Fsp3) is 0.850. The minimum Gasteiger partial charge on any atom is -0.481 e. The maximum atomic E-state index is 12.1. The Kier molecular flexibility index (Phi) is 3.51. The Balaban J connectivity index is 1.76. The summed E-state index contributed by atoms with van der Waals surface area (Å²) in [6.45, 7) is 8.74. The van der Waals surface area contributed by atoms with E-state index in [1.54, 1.807) is 0 Å². The van der Waals surface area contributed by atoms with E-state index in [0.29, 0.717) is 11.8 Å². The van der Waals surface area contributed by atoms with Gasteiger partial charge in [0.15, 0.2) is 0 Å². The normalized spacial score (nSPS) is 50.2. The monoisotopic (exact) mass is 334 g/mol. The molecule has 2 heterocycles. The predicted octanol–water partition coefficient (Wildman–Crippen LogP) is 4.35. The van der Waals surface area contributed by atoms with E-state index in [-0.39, 0.29) is 23.0 Å². The standard InChI is InChI=1S/C20H30O4/c1-12(2)13-11-20-9-6-15-18(3,16(20)10-14(13)23-24-20)7-5-8-19(15,4)17(21)22/h11-12,14-16H,5-10H2,1-4H3,(H,21,22)/t14-,15-,16+,18-,19+,20-/m0/s1. The summed E-state index contributed by atoms with van der Waals surface area (Å²) in [4.78, 5) is 23.8. The molecule has 5 aliphatic rings. The van der Waals surface area contributed by atoms with Gasteiger partial charge in [-0.1, -0.05) is 27.2 Å². The molecular weight excluding hydrogens is 304 g/mol. The van der Waals surface area contributed by atoms with E-state index in [2.05, 4.69) is 26.8 Å². The van der Waals surface area contributed by atoms with Gasteiger partial charge >= 0.3 is 5.97 Å². The van der Waals surface area contributed by atoms with Gasteiger partial charge in [-0.25, -0.2) is 9.78 Å². The minimum absolute atomic E-state index is 0.0185. The summed E-state index contributed by atoms with van der Waals surface area (Å²) in [5.74, 6) is 0.443. The molecule has 0 unspecified atom stereocenters. The van der Waals surface area contributed by atoms with Crippen LogP contribution in [0.4, 0.5) is 0 Å². The highest BCUT2D eigenvalue weighted by molar-refractivity contribution is 5.75. The minimum atomic E-state index is -0.620. The molecule has 1 spiro atoms. The zero-order valence-electron chi connectivity index (χ0n) is 15.3. The third kappa shape index (κ3) is 1.96. The molecule has 0 aromatic rings. The van der Waals surface area contributed by atoms with E-state index in [9.17, 15) is 9.90 Å². The van der Waals surface area contributed by atoms with Crippen molar-refractivity contribution >= 4 is 5.97 Å². The number of rotatable bonds is 2. The van der Waals surface area contributed by atoms with E-state index < -0.39 is 11.4 Å². The molecular formula is C20H30O4. The summed E-state index contributed by atoms with van der Waals surface area (Å²) < 4.78 is 0. The molecule has 134 valence electrons. The molecule has 0 radical (unpaired) electrons. The van der Waals surface area contributed by atoms with Gasteiger partial charge < -0.3 is 5.11 Å². The lowest BCUT2D eigenvalue weighted by Crippen LogP contribution is -2.65. The molecule has 0 aromatic heterocycles. The number of fused-ring (bicyclic) bond motifs is 2. The van der Waals surface area contributed by atoms with Crippen molar-refractivity contribution in [1.29, 1.82) is 0 Å². The number of carbonyl (C=O) groups is 1. The Morgan fingerprint density at radius 1 is 1.25 bits per heavy atom. The van der Waals surface area contributed by atoms with Crippen LogP contribution in [-0.2, 0) is 14.6 Å². The van der Waals surface area contributed by atoms with Gasteiger partial charge in [-0.3, -0.25) is 4.79 Å². The Labute approximate surface area is 144 Å². The van der Waals surface area contributed by atoms with Crippen molar-refractivity contribution in [2.45, 2.75) is 77.9 Å². The van der Waals surface area contributed by atoms with Gasteiger partial charge in [0.25, 0.3) is 0 Å². The first-order valence-electron chi connectivity index (χ1n) is 9.53. The molecule has 0 amide bonds. The molecule has 0 aromatic carbocycles. The molecule has 4 heteroatoms. The average Bonchev–Trinajstić information content (AvgIpc) is 2.54. The topological polar surface area (TPSA) is 55.8 Å². The number of carboxylic acids is 1. The van der Waals surface area contributed by atoms with Crippen molar-refractivity contribution in [3.8, 4) is 0 Å². The van der Waals surface area contributed by atoms with Crippen LogP contribution in [0.5, 0.6) is 0 Å². The van der Waals surface area contributed by atoms with Crippen LogP contribution >= 0.6 is 0 Å². The SMILES string of the molecule is CC(C)C1=C[C@@]23CC[C@H]4[C@](C)(CCC[C@@]4(C)C(=O)O)[C@H]2C[C@@H]1OO3. The van der Waals surface area contributed by atoms with Crippen molar-refractivity contribution in [2.75, 3.05) is 0 Å². The zero-order chi connectivity index (χ0) is 17.3. The van der Waals surface area contributed by atoms with E-state index in [4.69, 9.17) is 9.78 Å². The highest BCUT2D eigenvalue weighted by Gasteiger charge is 2.66. The largest absolute Gasteiger partial charge is 0.481 e. The highest BCUT2D eigenvalue weighted by Crippen LogP contribution is 2.66. The van der Waals surface area contributed by atoms with Crippen LogP contribution in [0.1, 0.15) is 66.2 Å². The van der Waals surface area contributed by atoms with Crippen LogP contribution in [0.2, 0.25) is 0 Å². The zero-order valence-corrected chi connectivity index (χ0v) is 15.3. The third-order valence-electron chi connectivity index (χ3n) is 7.89. The summed E-state index contributed by atoms with van der Waals surface area (Å²) in [7, 11) is 0. The van der Waals surface area contributed by atoms with Crippen molar-refractivity contribution in [3.63, 3.8) is 0 Å². The summed E-state index contributed by atoms with van der Waals surface area (Å²) in [6.07, 6.45) is 8.07. The van der Waals surface area contributed by atoms with Crippen LogP contribution in [0.3, 0.4) is 0 Å². The van der Waals surface area contributed by atoms with E-state index in [1.165, 1.54) is 5.57 Å². The van der Waals surface area contributed by atoms with Crippen LogP contribution < -0.4 is 0 Å². The Morgan fingerprint density at radius 2 is 2.00 bits per heavy atom. The lowest BCUT2D eigenvalue weighted by Gasteiger charge is -2.64. The second-order valence-corrected chi connectivity index (χ2v) is 9.38. The van der Waals surface area contributed by atoms with E-state index >= 15 is 0 Å². The predicted molar refractivity (Wildman–Crippen MR) is 90.1 cm³/mol. The van der Waals surface area contributed by atoms with E-state index in [0.717, 1.165) is 38.5 Å². The number of hydrogen-bond acceptors (Lipinski definition) is 3. The van der Waals surface area contributed by atoms with Gasteiger partial charge in [0.05, 0.1) is 5.41 Å². The Bertz CT molecular complexity index is 596. The first-order chi connectivity index (χ1) is 11.2. The van der Waals surface area contributed by atoms with Gasteiger partial charge in [-0.15, -0.1) is 0 Å². The molecule has 2 saturated carbocycles. The quantitative estimate of drug-likeness (QED) is 0.602. The van der Waals surface area contributed by atoms with Gasteiger partial charge in [0.2, 0.25) is 0 Å². The first-order valence-corrected chi connectivity index (χ1v) is 9.53. The molecule has 24 heavy (non-hydrogen) atoms. The Morgan fingerprint density at radius 3 is 2.67 bits per heavy atom. The van der Waals surface area contributed by atoms with E-state index in [1.807, 2.05) is 6.92 Å². The molecule has 2 aliphatic heterocycles. The molecule has 2 bridgehead atoms. The van der Waals surface area contributed by atoms with Crippen LogP contribution in [0.15, 0.2) is 11.6 Å². The molecule has 3 fully saturated rings. The van der Waals surface area contributed by atoms with Crippen LogP contribution in [-0.4, -0.2) is 22.8 Å². The van der Waals surface area contributed by atoms with Crippen molar-refractivity contribution in [2.24, 2.45) is 28.6 Å². The smallest absolute Gasteiger partial charge is 0.309 e. The van der Waals surface area contributed by atoms with Gasteiger partial charge in [0, 0.05) is 5.92 Å². The fourth-order valence-electron chi connectivity index (χ4n) is 6.61. The van der Waals surface area contributed by atoms with Crippen molar-refractivity contribution in [3.05, 3.63) is 11.6 Å². The molecule has 1 saturated heterocycles. The Hall–Kier alpha value is -0.870. The second kappa shape index (κ2) is 5.07. The molecule has 4 nitrogen and oxygen atoms in total. The summed E-state index contributed by atoms with van der Waals surface area (Å²) in [5, 5.41) is 9.92. The lowest BCUT2D eigenvalue weighted by atomic mass is 9.43. The fourth-order valence-corrected chi connectivity index (χ4v) is 6.61. The number of carboxylic acid groups (broad SMARTS) is 1. The van der Waals surface area contributed by atoms with Crippen molar-refractivity contribution < 1.29 is 19.7 Å². The molecule has 6 atom stereocenters. The lowest BCUT2D eigenvalue weighted by molar-refractivity contribution is -0.434. The maximum absolute atomic E-state index is 12.1. The highest BCUT2D eigenvalue weighted by atomic mass is 17.2. The van der Waals surface area contributed by atoms with Gasteiger partial charge in [0.1, 0.15) is 11.7 Å². The summed E-state index contributed by atoms with van der Waals surface area (Å²) >= 11 is 0. The van der Waals surface area contributed by atoms with Crippen molar-refractivity contribution in [1.82, 2.24) is 0 Å². The third-order valence-corrected chi connectivity index (χ3v) is 7.89. The van der Waals surface area contributed by atoms with Gasteiger partial charge in [-0.05, 0) is 67.9 Å². The van der Waals surface area contributed by atoms with Gasteiger partial charge in [-0.2, -0.15) is 0 Å². The molecule has 5 rings (SSSR count). The molecule has 1 N–H and O–H groups in total. The van der Waals surface area contributed by atoms with Crippen LogP contribution in [0, 0.1) is 28.6 Å². The second-order valence-electron chi connectivity index (χ2n) is 9.38. The summed E-state index contributed by atoms with van der Waals surface area (Å²) in [6, 6.07) is 0. The first kappa shape index (κ1) is 16.6. The maximum Gasteiger partial charge on any atom is 0.309 e. The average molecular weight is 334 g/mol. The summed E-state index contributed by atoms with van der Waals surface area (Å²) in [5.41, 5.74) is 0.453. The molecule has 3 aliphatic carbocycles. The number of hydrogen-bond donors (Lipinski definition) is 1. The van der Waals surface area contributed by atoms with Crippen LogP contribution in [0.25, 0.3) is 0 Å². The number of aliphatic carboxylic acids is 1.